The van der Waals surface area contributed by atoms with Gasteiger partial charge in [0.1, 0.15) is 18.0 Å². The Morgan fingerprint density at radius 3 is 2.52 bits per heavy atom. The van der Waals surface area contributed by atoms with Gasteiger partial charge in [-0.25, -0.2) is 9.97 Å². The molecule has 0 saturated heterocycles. The molecule has 0 spiro atoms. The third-order valence-electron chi connectivity index (χ3n) is 3.44. The van der Waals surface area contributed by atoms with Crippen molar-refractivity contribution in [2.24, 2.45) is 0 Å². The zero-order valence-electron chi connectivity index (χ0n) is 13.3. The second kappa shape index (κ2) is 7.07. The van der Waals surface area contributed by atoms with Gasteiger partial charge in [0.2, 0.25) is 0 Å². The Hall–Kier alpha value is -2.10. The van der Waals surface area contributed by atoms with Crippen molar-refractivity contribution in [3.63, 3.8) is 0 Å². The van der Waals surface area contributed by atoms with E-state index in [1.807, 2.05) is 0 Å². The number of nitrogens with one attached hydrogen (secondary N) is 2. The number of benzene rings is 1. The monoisotopic (exact) mass is 284 g/mol. The summed E-state index contributed by atoms with van der Waals surface area (Å²) in [5.41, 5.74) is 4.71. The minimum Gasteiger partial charge on any atom is -0.370 e. The van der Waals surface area contributed by atoms with E-state index in [-0.39, 0.29) is 0 Å². The average molecular weight is 284 g/mol. The minimum absolute atomic E-state index is 0.858. The van der Waals surface area contributed by atoms with Crippen LogP contribution >= 0.6 is 0 Å². The normalized spacial score (nSPS) is 10.5. The predicted molar refractivity (Wildman–Crippen MR) is 89.4 cm³/mol. The molecule has 2 N–H and O–H groups in total. The van der Waals surface area contributed by atoms with Crippen molar-refractivity contribution in [1.82, 2.24) is 9.97 Å². The first-order valence-corrected chi connectivity index (χ1v) is 7.57. The lowest BCUT2D eigenvalue weighted by Crippen LogP contribution is -2.08. The van der Waals surface area contributed by atoms with Crippen LogP contribution in [-0.2, 0) is 6.42 Å². The van der Waals surface area contributed by atoms with Crippen LogP contribution in [0, 0.1) is 13.8 Å². The molecule has 1 aromatic heterocycles. The number of hydrogen-bond acceptors (Lipinski definition) is 4. The van der Waals surface area contributed by atoms with Gasteiger partial charge in [0, 0.05) is 17.8 Å². The molecule has 0 bridgehead atoms. The lowest BCUT2D eigenvalue weighted by molar-refractivity contribution is 0.902. The Labute approximate surface area is 127 Å². The molecule has 0 aliphatic heterocycles. The van der Waals surface area contributed by atoms with Gasteiger partial charge in [-0.3, -0.25) is 0 Å². The fraction of sp³-hybridized carbons (Fsp3) is 0.412. The maximum atomic E-state index is 4.44. The summed E-state index contributed by atoms with van der Waals surface area (Å²) in [6.45, 7) is 9.31. The van der Waals surface area contributed by atoms with Gasteiger partial charge in [-0.2, -0.15) is 0 Å². The lowest BCUT2D eigenvalue weighted by atomic mass is 10.1. The molecular formula is C17H24N4. The quantitative estimate of drug-likeness (QED) is 0.833. The minimum atomic E-state index is 0.858. The zero-order valence-corrected chi connectivity index (χ0v) is 13.3. The van der Waals surface area contributed by atoms with Crippen LogP contribution in [-0.4, -0.2) is 16.5 Å². The molecule has 4 heteroatoms. The number of aromatic nitrogens is 2. The third kappa shape index (κ3) is 3.72. The Bertz CT molecular complexity index is 608. The van der Waals surface area contributed by atoms with Gasteiger partial charge in [0.15, 0.2) is 0 Å². The highest BCUT2D eigenvalue weighted by atomic mass is 15.1. The molecule has 0 aliphatic rings. The molecule has 1 heterocycles. The van der Waals surface area contributed by atoms with E-state index in [4.69, 9.17) is 0 Å². The number of hydrogen-bond donors (Lipinski definition) is 2. The molecule has 0 aliphatic carbocycles. The summed E-state index contributed by atoms with van der Waals surface area (Å²) in [6.07, 6.45) is 3.63. The lowest BCUT2D eigenvalue weighted by Gasteiger charge is -2.16. The van der Waals surface area contributed by atoms with Gasteiger partial charge in [-0.1, -0.05) is 25.5 Å². The van der Waals surface area contributed by atoms with Gasteiger partial charge in [-0.05, 0) is 44.4 Å². The van der Waals surface area contributed by atoms with Crippen LogP contribution in [0.1, 0.15) is 37.0 Å². The van der Waals surface area contributed by atoms with E-state index in [2.05, 4.69) is 66.5 Å². The summed E-state index contributed by atoms with van der Waals surface area (Å²) in [7, 11) is 0. The molecule has 2 aromatic rings. The number of rotatable bonds is 6. The van der Waals surface area contributed by atoms with Crippen molar-refractivity contribution in [3.05, 3.63) is 41.2 Å². The van der Waals surface area contributed by atoms with Crippen LogP contribution in [0.3, 0.4) is 0 Å². The summed E-state index contributed by atoms with van der Waals surface area (Å²) < 4.78 is 0. The Balaban J connectivity index is 2.38. The highest BCUT2D eigenvalue weighted by molar-refractivity contribution is 5.67. The van der Waals surface area contributed by atoms with E-state index in [0.29, 0.717) is 0 Å². The van der Waals surface area contributed by atoms with Gasteiger partial charge >= 0.3 is 0 Å². The zero-order chi connectivity index (χ0) is 15.2. The van der Waals surface area contributed by atoms with E-state index in [1.165, 1.54) is 11.1 Å². The van der Waals surface area contributed by atoms with Crippen LogP contribution in [0.5, 0.6) is 0 Å². The highest BCUT2D eigenvalue weighted by Crippen LogP contribution is 2.27. The Morgan fingerprint density at radius 2 is 1.81 bits per heavy atom. The summed E-state index contributed by atoms with van der Waals surface area (Å²) >= 11 is 0. The van der Waals surface area contributed by atoms with Crippen LogP contribution in [0.2, 0.25) is 0 Å². The van der Waals surface area contributed by atoms with Gasteiger partial charge in [0.05, 0.1) is 0 Å². The summed E-state index contributed by atoms with van der Waals surface area (Å²) in [5, 5.41) is 6.80. The smallest absolute Gasteiger partial charge is 0.139 e. The first kappa shape index (κ1) is 15.3. The summed E-state index contributed by atoms with van der Waals surface area (Å²) in [4.78, 5) is 8.81. The van der Waals surface area contributed by atoms with Crippen molar-refractivity contribution in [1.29, 1.82) is 0 Å². The van der Waals surface area contributed by atoms with Gasteiger partial charge in [-0.15, -0.1) is 0 Å². The standard InChI is InChI=1S/C17H24N4/c1-5-7-14-16(18-6-2)19-11-20-17(14)21-15-10-12(3)8-9-13(15)4/h8-11H,5-7H2,1-4H3,(H2,18,19,20,21). The molecule has 0 saturated carbocycles. The van der Waals surface area contributed by atoms with Crippen LogP contribution in [0.15, 0.2) is 24.5 Å². The van der Waals surface area contributed by atoms with Crippen molar-refractivity contribution < 1.29 is 0 Å². The Kier molecular flexibility index (Phi) is 5.14. The van der Waals surface area contributed by atoms with Crippen molar-refractivity contribution in [2.45, 2.75) is 40.5 Å². The van der Waals surface area contributed by atoms with E-state index in [0.717, 1.165) is 42.3 Å². The number of aryl methyl sites for hydroxylation is 2. The SMILES string of the molecule is CCCc1c(NCC)ncnc1Nc1cc(C)ccc1C. The van der Waals surface area contributed by atoms with Crippen LogP contribution in [0.4, 0.5) is 17.3 Å². The molecule has 0 amide bonds. The first-order valence-electron chi connectivity index (χ1n) is 7.57. The molecule has 21 heavy (non-hydrogen) atoms. The predicted octanol–water partition coefficient (Wildman–Crippen LogP) is 4.22. The summed E-state index contributed by atoms with van der Waals surface area (Å²) in [5.74, 6) is 1.83. The van der Waals surface area contributed by atoms with Crippen LogP contribution in [0.25, 0.3) is 0 Å². The van der Waals surface area contributed by atoms with Crippen molar-refractivity contribution in [3.8, 4) is 0 Å². The van der Waals surface area contributed by atoms with Crippen LogP contribution < -0.4 is 10.6 Å². The van der Waals surface area contributed by atoms with Gasteiger partial charge < -0.3 is 10.6 Å². The van der Waals surface area contributed by atoms with E-state index in [1.54, 1.807) is 6.33 Å². The maximum Gasteiger partial charge on any atom is 0.139 e. The molecule has 0 atom stereocenters. The van der Waals surface area contributed by atoms with Gasteiger partial charge in [0.25, 0.3) is 0 Å². The maximum absolute atomic E-state index is 4.44. The Morgan fingerprint density at radius 1 is 1.05 bits per heavy atom. The van der Waals surface area contributed by atoms with E-state index >= 15 is 0 Å². The first-order chi connectivity index (χ1) is 10.2. The molecule has 1 aromatic carbocycles. The topological polar surface area (TPSA) is 49.8 Å². The third-order valence-corrected chi connectivity index (χ3v) is 3.44. The second-order valence-electron chi connectivity index (χ2n) is 5.27. The largest absolute Gasteiger partial charge is 0.370 e. The second-order valence-corrected chi connectivity index (χ2v) is 5.27. The fourth-order valence-electron chi connectivity index (χ4n) is 2.32. The molecule has 0 radical (unpaired) electrons. The molecule has 2 rings (SSSR count). The summed E-state index contributed by atoms with van der Waals surface area (Å²) in [6, 6.07) is 6.40. The molecule has 112 valence electrons. The van der Waals surface area contributed by atoms with Crippen molar-refractivity contribution in [2.75, 3.05) is 17.2 Å². The number of nitrogens with zero attached hydrogens (tertiary/aromatic N) is 2. The molecule has 4 nitrogen and oxygen atoms in total. The highest BCUT2D eigenvalue weighted by Gasteiger charge is 2.11. The van der Waals surface area contributed by atoms with E-state index < -0.39 is 0 Å². The molecule has 0 unspecified atom stereocenters. The fourth-order valence-corrected chi connectivity index (χ4v) is 2.32. The van der Waals surface area contributed by atoms with E-state index in [9.17, 15) is 0 Å². The number of anilines is 3. The average Bonchev–Trinajstić information content (AvgIpc) is 2.46. The molecular weight excluding hydrogens is 260 g/mol. The molecule has 0 fully saturated rings. The van der Waals surface area contributed by atoms with Crippen molar-refractivity contribution >= 4 is 17.3 Å².